The van der Waals surface area contributed by atoms with Crippen LogP contribution in [0.1, 0.15) is 5.56 Å². The Kier molecular flexibility index (Phi) is 1.77. The van der Waals surface area contributed by atoms with E-state index in [-0.39, 0.29) is 0 Å². The summed E-state index contributed by atoms with van der Waals surface area (Å²) in [4.78, 5) is 0. The summed E-state index contributed by atoms with van der Waals surface area (Å²) >= 11 is 0. The number of fused-ring (bicyclic) bond motifs is 1. The minimum absolute atomic E-state index is 0.663. The number of aromatic nitrogens is 2. The Balaban J connectivity index is 2.57. The summed E-state index contributed by atoms with van der Waals surface area (Å²) in [7, 11) is 0. The number of hydrazine groups is 1. The van der Waals surface area contributed by atoms with E-state index in [2.05, 4.69) is 10.5 Å². The summed E-state index contributed by atoms with van der Waals surface area (Å²) in [5.41, 5.74) is 4.87. The van der Waals surface area contributed by atoms with E-state index >= 15 is 0 Å². The molecule has 4 nitrogen and oxygen atoms in total. The monoisotopic (exact) mass is 162 g/mol. The van der Waals surface area contributed by atoms with Crippen LogP contribution in [-0.4, -0.2) is 9.61 Å². The van der Waals surface area contributed by atoms with Gasteiger partial charge in [0.15, 0.2) is 0 Å². The van der Waals surface area contributed by atoms with Gasteiger partial charge in [0.25, 0.3) is 0 Å². The molecule has 4 heteroatoms. The van der Waals surface area contributed by atoms with Crippen LogP contribution in [-0.2, 0) is 6.54 Å². The minimum atomic E-state index is 0.663. The molecule has 0 fully saturated rings. The Morgan fingerprint density at radius 2 is 2.42 bits per heavy atom. The first-order valence-corrected chi connectivity index (χ1v) is 3.76. The van der Waals surface area contributed by atoms with Crippen LogP contribution >= 0.6 is 0 Å². The van der Waals surface area contributed by atoms with E-state index in [1.54, 1.807) is 6.20 Å². The van der Waals surface area contributed by atoms with Gasteiger partial charge >= 0.3 is 0 Å². The molecule has 0 amide bonds. The van der Waals surface area contributed by atoms with Crippen LogP contribution in [0.4, 0.5) is 0 Å². The predicted molar refractivity (Wildman–Crippen MR) is 46.2 cm³/mol. The highest BCUT2D eigenvalue weighted by Crippen LogP contribution is 2.08. The molecular weight excluding hydrogens is 152 g/mol. The van der Waals surface area contributed by atoms with Crippen LogP contribution in [0.2, 0.25) is 0 Å². The topological polar surface area (TPSA) is 55.3 Å². The lowest BCUT2D eigenvalue weighted by Gasteiger charge is -2.01. The van der Waals surface area contributed by atoms with Crippen LogP contribution in [0.25, 0.3) is 5.52 Å². The molecule has 0 bridgehead atoms. The number of hydrogen-bond donors (Lipinski definition) is 2. The summed E-state index contributed by atoms with van der Waals surface area (Å²) in [6.45, 7) is 0.663. The predicted octanol–water partition coefficient (Wildman–Crippen LogP) is 0.298. The maximum Gasteiger partial charge on any atom is 0.0706 e. The Labute approximate surface area is 70.0 Å². The fraction of sp³-hybridized carbons (Fsp3) is 0.125. The maximum atomic E-state index is 5.24. The average Bonchev–Trinajstić information content (AvgIpc) is 2.53. The van der Waals surface area contributed by atoms with Crippen molar-refractivity contribution in [3.05, 3.63) is 36.2 Å². The molecule has 0 aliphatic rings. The van der Waals surface area contributed by atoms with Gasteiger partial charge in [-0.3, -0.25) is 11.3 Å². The van der Waals surface area contributed by atoms with Crippen LogP contribution in [0, 0.1) is 0 Å². The summed E-state index contributed by atoms with van der Waals surface area (Å²) in [5, 5.41) is 4.11. The molecule has 0 unspecified atom stereocenters. The summed E-state index contributed by atoms with van der Waals surface area (Å²) in [6.07, 6.45) is 3.69. The summed E-state index contributed by atoms with van der Waals surface area (Å²) in [5.74, 6) is 5.24. The lowest BCUT2D eigenvalue weighted by atomic mass is 10.2. The van der Waals surface area contributed by atoms with Crippen molar-refractivity contribution >= 4 is 5.52 Å². The van der Waals surface area contributed by atoms with Gasteiger partial charge in [0, 0.05) is 18.9 Å². The van der Waals surface area contributed by atoms with E-state index in [1.807, 2.05) is 28.9 Å². The zero-order valence-corrected chi connectivity index (χ0v) is 6.57. The summed E-state index contributed by atoms with van der Waals surface area (Å²) < 4.78 is 1.83. The molecule has 0 radical (unpaired) electrons. The summed E-state index contributed by atoms with van der Waals surface area (Å²) in [6, 6.07) is 5.94. The molecule has 2 heterocycles. The molecule has 12 heavy (non-hydrogen) atoms. The number of rotatable bonds is 2. The molecule has 0 saturated heterocycles. The molecule has 2 aromatic rings. The molecule has 2 rings (SSSR count). The maximum absolute atomic E-state index is 5.24. The number of nitrogens with two attached hydrogens (primary N) is 1. The first-order chi connectivity index (χ1) is 5.92. The number of nitrogens with zero attached hydrogens (tertiary/aromatic N) is 2. The molecular formula is C8H10N4. The number of hydrogen-bond acceptors (Lipinski definition) is 3. The molecule has 0 spiro atoms. The second-order valence-corrected chi connectivity index (χ2v) is 2.58. The highest BCUT2D eigenvalue weighted by atomic mass is 15.2. The van der Waals surface area contributed by atoms with Gasteiger partial charge in [0.2, 0.25) is 0 Å². The fourth-order valence-electron chi connectivity index (χ4n) is 1.27. The third-order valence-corrected chi connectivity index (χ3v) is 1.82. The quantitative estimate of drug-likeness (QED) is 0.493. The van der Waals surface area contributed by atoms with E-state index in [0.717, 1.165) is 11.1 Å². The molecule has 0 aliphatic heterocycles. The first-order valence-electron chi connectivity index (χ1n) is 3.76. The Hall–Kier alpha value is -1.39. The van der Waals surface area contributed by atoms with Crippen molar-refractivity contribution in [3.63, 3.8) is 0 Å². The van der Waals surface area contributed by atoms with E-state index < -0.39 is 0 Å². The molecule has 0 atom stereocenters. The van der Waals surface area contributed by atoms with Crippen LogP contribution in [0.3, 0.4) is 0 Å². The number of pyridine rings is 1. The standard InChI is InChI=1S/C8H10N4/c9-10-6-7-2-1-5-12-8(7)3-4-11-12/h1-5,10H,6,9H2. The number of nitrogens with one attached hydrogen (secondary N) is 1. The van der Waals surface area contributed by atoms with Crippen LogP contribution in [0.15, 0.2) is 30.6 Å². The first kappa shape index (κ1) is 7.27. The fourth-order valence-corrected chi connectivity index (χ4v) is 1.27. The normalized spacial score (nSPS) is 10.8. The molecule has 3 N–H and O–H groups in total. The Morgan fingerprint density at radius 3 is 3.25 bits per heavy atom. The van der Waals surface area contributed by atoms with Crippen molar-refractivity contribution in [2.24, 2.45) is 5.84 Å². The van der Waals surface area contributed by atoms with Crippen molar-refractivity contribution in [2.75, 3.05) is 0 Å². The lowest BCUT2D eigenvalue weighted by molar-refractivity contribution is 0.741. The van der Waals surface area contributed by atoms with Gasteiger partial charge in [-0.1, -0.05) is 6.07 Å². The molecule has 0 aromatic carbocycles. The highest BCUT2D eigenvalue weighted by Gasteiger charge is 1.98. The van der Waals surface area contributed by atoms with Gasteiger partial charge in [-0.15, -0.1) is 0 Å². The lowest BCUT2D eigenvalue weighted by Crippen LogP contribution is -2.21. The Morgan fingerprint density at radius 1 is 1.50 bits per heavy atom. The molecule has 0 aliphatic carbocycles. The smallest absolute Gasteiger partial charge is 0.0706 e. The van der Waals surface area contributed by atoms with Crippen molar-refractivity contribution < 1.29 is 0 Å². The largest absolute Gasteiger partial charge is 0.271 e. The van der Waals surface area contributed by atoms with E-state index in [4.69, 9.17) is 5.84 Å². The third kappa shape index (κ3) is 1.07. The van der Waals surface area contributed by atoms with E-state index in [1.165, 1.54) is 0 Å². The average molecular weight is 162 g/mol. The third-order valence-electron chi connectivity index (χ3n) is 1.82. The molecule has 62 valence electrons. The SMILES string of the molecule is NNCc1cccn2nccc12. The minimum Gasteiger partial charge on any atom is -0.271 e. The molecule has 0 saturated carbocycles. The van der Waals surface area contributed by atoms with Gasteiger partial charge in [0.1, 0.15) is 0 Å². The second kappa shape index (κ2) is 2.92. The highest BCUT2D eigenvalue weighted by molar-refractivity contribution is 5.53. The van der Waals surface area contributed by atoms with Gasteiger partial charge in [-0.05, 0) is 17.7 Å². The van der Waals surface area contributed by atoms with Crippen LogP contribution in [0.5, 0.6) is 0 Å². The Bertz CT molecular complexity index is 379. The van der Waals surface area contributed by atoms with Gasteiger partial charge in [-0.25, -0.2) is 4.52 Å². The van der Waals surface area contributed by atoms with Crippen molar-refractivity contribution in [2.45, 2.75) is 6.54 Å². The van der Waals surface area contributed by atoms with Crippen molar-refractivity contribution in [3.8, 4) is 0 Å². The van der Waals surface area contributed by atoms with Crippen molar-refractivity contribution in [1.29, 1.82) is 0 Å². The van der Waals surface area contributed by atoms with Crippen molar-refractivity contribution in [1.82, 2.24) is 15.0 Å². The second-order valence-electron chi connectivity index (χ2n) is 2.58. The van der Waals surface area contributed by atoms with E-state index in [0.29, 0.717) is 6.54 Å². The van der Waals surface area contributed by atoms with Gasteiger partial charge < -0.3 is 0 Å². The zero-order valence-electron chi connectivity index (χ0n) is 6.57. The van der Waals surface area contributed by atoms with Crippen LogP contribution < -0.4 is 11.3 Å². The van der Waals surface area contributed by atoms with Gasteiger partial charge in [-0.2, -0.15) is 5.10 Å². The molecule has 2 aromatic heterocycles. The van der Waals surface area contributed by atoms with E-state index in [9.17, 15) is 0 Å². The van der Waals surface area contributed by atoms with Gasteiger partial charge in [0.05, 0.1) is 5.52 Å². The zero-order chi connectivity index (χ0) is 8.39.